The first-order valence-electron chi connectivity index (χ1n) is 11.8. The van der Waals surface area contributed by atoms with Gasteiger partial charge in [-0.1, -0.05) is 19.2 Å². The lowest BCUT2D eigenvalue weighted by Gasteiger charge is -2.25. The normalized spacial score (nSPS) is 11.0. The summed E-state index contributed by atoms with van der Waals surface area (Å²) in [5, 5.41) is 0. The molecule has 186 valence electrons. The zero-order valence-electron chi connectivity index (χ0n) is 22.9. The van der Waals surface area contributed by atoms with Crippen molar-refractivity contribution in [2.24, 2.45) is 0 Å². The predicted octanol–water partition coefficient (Wildman–Crippen LogP) is 7.43. The molecule has 0 spiro atoms. The monoisotopic (exact) mass is 474 g/mol. The van der Waals surface area contributed by atoms with Crippen LogP contribution in [0.5, 0.6) is 5.75 Å². The number of esters is 2. The highest BCUT2D eigenvalue weighted by Crippen LogP contribution is 2.43. The topological polar surface area (TPSA) is 52.6 Å². The number of carbonyl (C=O) groups is 2. The molecular formula is C31H38O4. The van der Waals surface area contributed by atoms with Crippen molar-refractivity contribution in [1.29, 1.82) is 0 Å². The molecule has 4 nitrogen and oxygen atoms in total. The second-order valence-electron chi connectivity index (χ2n) is 9.44. The molecule has 0 aromatic heterocycles. The molecule has 2 rings (SSSR count). The minimum absolute atomic E-state index is 0.200. The van der Waals surface area contributed by atoms with E-state index in [-0.39, 0.29) is 12.6 Å². The molecular weight excluding hydrogens is 436 g/mol. The average molecular weight is 475 g/mol. The Hall–Kier alpha value is -3.40. The van der Waals surface area contributed by atoms with E-state index in [1.165, 1.54) is 33.4 Å². The molecule has 0 saturated heterocycles. The summed E-state index contributed by atoms with van der Waals surface area (Å²) in [5.41, 5.74) is 13.1. The maximum absolute atomic E-state index is 12.2. The molecule has 35 heavy (non-hydrogen) atoms. The predicted molar refractivity (Wildman–Crippen MR) is 145 cm³/mol. The second kappa shape index (κ2) is 10.9. The van der Waals surface area contributed by atoms with Crippen LogP contribution in [0.25, 0.3) is 17.2 Å². The van der Waals surface area contributed by atoms with Gasteiger partial charge in [0, 0.05) is 11.1 Å². The van der Waals surface area contributed by atoms with Gasteiger partial charge in [0.2, 0.25) is 0 Å². The van der Waals surface area contributed by atoms with E-state index in [0.29, 0.717) is 16.9 Å². The SMILES string of the molecule is C=C(C)C(=O)OC/C=C/c1c(C)c(C)c(-c2c(C)c(C)c(OC(=O)C(=C)C)c(C)c2C)c(C)c1C. The second-order valence-corrected chi connectivity index (χ2v) is 9.44. The lowest BCUT2D eigenvalue weighted by atomic mass is 9.80. The first-order valence-corrected chi connectivity index (χ1v) is 11.8. The molecule has 4 heteroatoms. The van der Waals surface area contributed by atoms with E-state index in [1.54, 1.807) is 13.8 Å². The summed E-state index contributed by atoms with van der Waals surface area (Å²) >= 11 is 0. The first kappa shape index (κ1) is 27.8. The Labute approximate surface area is 210 Å². The standard InChI is InChI=1S/C31H38O4/c1-16(2)30(32)34-15-13-14-26-18(5)20(7)27(21(8)19(26)6)28-22(9)24(11)29(25(12)23(28)10)35-31(33)17(3)4/h13-14H,1,3,15H2,2,4-12H3/b14-13+. The molecule has 0 amide bonds. The smallest absolute Gasteiger partial charge is 0.338 e. The Morgan fingerprint density at radius 2 is 1.06 bits per heavy atom. The first-order chi connectivity index (χ1) is 16.2. The van der Waals surface area contributed by atoms with Gasteiger partial charge in [0.25, 0.3) is 0 Å². The number of benzene rings is 2. The highest BCUT2D eigenvalue weighted by atomic mass is 16.5. The van der Waals surface area contributed by atoms with Crippen molar-refractivity contribution in [1.82, 2.24) is 0 Å². The summed E-state index contributed by atoms with van der Waals surface area (Å²) < 4.78 is 10.9. The van der Waals surface area contributed by atoms with E-state index in [9.17, 15) is 9.59 Å². The molecule has 0 fully saturated rings. The minimum atomic E-state index is -0.410. The van der Waals surface area contributed by atoms with Crippen LogP contribution in [0, 0.1) is 55.4 Å². The fraction of sp³-hybridized carbons (Fsp3) is 0.355. The van der Waals surface area contributed by atoms with Crippen molar-refractivity contribution in [3.63, 3.8) is 0 Å². The fourth-order valence-electron chi connectivity index (χ4n) is 4.37. The molecule has 0 unspecified atom stereocenters. The summed E-state index contributed by atoms with van der Waals surface area (Å²) in [6.45, 7) is 27.5. The van der Waals surface area contributed by atoms with Crippen molar-refractivity contribution >= 4 is 18.0 Å². The third-order valence-electron chi connectivity index (χ3n) is 6.98. The Bertz CT molecular complexity index is 1210. The van der Waals surface area contributed by atoms with Gasteiger partial charge in [-0.2, -0.15) is 0 Å². The van der Waals surface area contributed by atoms with Gasteiger partial charge in [0.05, 0.1) is 0 Å². The summed E-state index contributed by atoms with van der Waals surface area (Å²) in [6.07, 6.45) is 3.89. The molecule has 0 aliphatic rings. The van der Waals surface area contributed by atoms with Crippen molar-refractivity contribution in [2.75, 3.05) is 6.61 Å². The molecule has 0 aliphatic heterocycles. The third kappa shape index (κ3) is 5.48. The van der Waals surface area contributed by atoms with Gasteiger partial charge in [-0.3, -0.25) is 0 Å². The molecule has 0 saturated carbocycles. The maximum Gasteiger partial charge on any atom is 0.338 e. The van der Waals surface area contributed by atoms with Crippen LogP contribution in [-0.4, -0.2) is 18.5 Å². The Morgan fingerprint density at radius 1 is 0.657 bits per heavy atom. The Morgan fingerprint density at radius 3 is 1.46 bits per heavy atom. The molecule has 0 radical (unpaired) electrons. The lowest BCUT2D eigenvalue weighted by Crippen LogP contribution is -2.12. The van der Waals surface area contributed by atoms with Gasteiger partial charge in [0.1, 0.15) is 12.4 Å². The van der Waals surface area contributed by atoms with Crippen LogP contribution in [0.15, 0.2) is 30.4 Å². The van der Waals surface area contributed by atoms with Gasteiger partial charge >= 0.3 is 11.9 Å². The maximum atomic E-state index is 12.2. The van der Waals surface area contributed by atoms with Crippen molar-refractivity contribution < 1.29 is 19.1 Å². The highest BCUT2D eigenvalue weighted by Gasteiger charge is 2.23. The van der Waals surface area contributed by atoms with E-state index in [0.717, 1.165) is 27.8 Å². The van der Waals surface area contributed by atoms with Crippen molar-refractivity contribution in [3.05, 3.63) is 80.5 Å². The van der Waals surface area contributed by atoms with Gasteiger partial charge < -0.3 is 9.47 Å². The van der Waals surface area contributed by atoms with E-state index < -0.39 is 5.97 Å². The van der Waals surface area contributed by atoms with Gasteiger partial charge in [-0.25, -0.2) is 9.59 Å². The van der Waals surface area contributed by atoms with Crippen LogP contribution in [0.2, 0.25) is 0 Å². The minimum Gasteiger partial charge on any atom is -0.458 e. The van der Waals surface area contributed by atoms with E-state index in [2.05, 4.69) is 54.7 Å². The van der Waals surface area contributed by atoms with Crippen LogP contribution in [0.3, 0.4) is 0 Å². The van der Waals surface area contributed by atoms with Gasteiger partial charge in [0.15, 0.2) is 0 Å². The quantitative estimate of drug-likeness (QED) is 0.238. The van der Waals surface area contributed by atoms with Crippen LogP contribution >= 0.6 is 0 Å². The zero-order valence-corrected chi connectivity index (χ0v) is 22.9. The third-order valence-corrected chi connectivity index (χ3v) is 6.98. The number of ether oxygens (including phenoxy) is 2. The van der Waals surface area contributed by atoms with Crippen LogP contribution in [0.1, 0.15) is 63.9 Å². The zero-order chi connectivity index (χ0) is 26.8. The average Bonchev–Trinajstić information content (AvgIpc) is 2.80. The molecule has 0 heterocycles. The van der Waals surface area contributed by atoms with E-state index in [1.807, 2.05) is 26.0 Å². The van der Waals surface area contributed by atoms with Crippen LogP contribution in [-0.2, 0) is 14.3 Å². The molecule has 0 bridgehead atoms. The van der Waals surface area contributed by atoms with Crippen molar-refractivity contribution in [2.45, 2.75) is 69.2 Å². The van der Waals surface area contributed by atoms with Crippen LogP contribution < -0.4 is 4.74 Å². The highest BCUT2D eigenvalue weighted by molar-refractivity contribution is 5.90. The molecule has 0 aliphatic carbocycles. The molecule has 2 aromatic carbocycles. The summed E-state index contributed by atoms with van der Waals surface area (Å²) in [6, 6.07) is 0. The van der Waals surface area contributed by atoms with E-state index >= 15 is 0 Å². The van der Waals surface area contributed by atoms with Crippen LogP contribution in [0.4, 0.5) is 0 Å². The van der Waals surface area contributed by atoms with Gasteiger partial charge in [-0.15, -0.1) is 0 Å². The van der Waals surface area contributed by atoms with E-state index in [4.69, 9.17) is 9.47 Å². The number of carbonyl (C=O) groups excluding carboxylic acids is 2. The largest absolute Gasteiger partial charge is 0.458 e. The summed E-state index contributed by atoms with van der Waals surface area (Å²) in [4.78, 5) is 23.9. The van der Waals surface area contributed by atoms with Gasteiger partial charge in [-0.05, 0) is 137 Å². The molecule has 0 N–H and O–H groups in total. The summed E-state index contributed by atoms with van der Waals surface area (Å²) in [7, 11) is 0. The molecule has 2 aromatic rings. The fourth-order valence-corrected chi connectivity index (χ4v) is 4.37. The summed E-state index contributed by atoms with van der Waals surface area (Å²) in [5.74, 6) is -0.184. The Kier molecular flexibility index (Phi) is 8.67. The lowest BCUT2D eigenvalue weighted by molar-refractivity contribution is -0.137. The molecule has 0 atom stereocenters. The number of hydrogen-bond donors (Lipinski definition) is 0. The number of rotatable bonds is 7. The van der Waals surface area contributed by atoms with Crippen molar-refractivity contribution in [3.8, 4) is 16.9 Å². The Balaban J connectivity index is 2.64. The number of hydrogen-bond acceptors (Lipinski definition) is 4.